The van der Waals surface area contributed by atoms with Crippen molar-refractivity contribution < 1.29 is 9.53 Å². The Morgan fingerprint density at radius 3 is 2.73 bits per heavy atom. The highest BCUT2D eigenvalue weighted by molar-refractivity contribution is 5.94. The van der Waals surface area contributed by atoms with Crippen molar-refractivity contribution in [2.45, 2.75) is 6.92 Å². The predicted molar refractivity (Wildman–Crippen MR) is 89.3 cm³/mol. The van der Waals surface area contributed by atoms with Gasteiger partial charge in [0, 0.05) is 32.9 Å². The van der Waals surface area contributed by atoms with E-state index in [2.05, 4.69) is 20.8 Å². The van der Waals surface area contributed by atoms with Crippen LogP contribution in [0.3, 0.4) is 0 Å². The predicted octanol–water partition coefficient (Wildman–Crippen LogP) is 0.847. The molecule has 0 aliphatic carbocycles. The molecule has 2 N–H and O–H groups in total. The fraction of sp³-hybridized carbons (Fsp3) is 0.462. The van der Waals surface area contributed by atoms with Crippen molar-refractivity contribution in [3.63, 3.8) is 0 Å². The lowest BCUT2D eigenvalue weighted by Gasteiger charge is -2.07. The second kappa shape index (κ2) is 10.3. The molecule has 124 valence electrons. The molecule has 9 heteroatoms. The Hall–Kier alpha value is -1.41. The number of rotatable bonds is 7. The zero-order valence-electron chi connectivity index (χ0n) is 12.5. The number of methoxy groups -OCH3 is 1. The maximum absolute atomic E-state index is 12.0. The first kappa shape index (κ1) is 20.6. The highest BCUT2D eigenvalue weighted by Gasteiger charge is 2.07. The lowest BCUT2D eigenvalue weighted by molar-refractivity contribution is 0.0953. The molecule has 2 aromatic heterocycles. The number of pyridine rings is 1. The van der Waals surface area contributed by atoms with Gasteiger partial charge in [-0.3, -0.25) is 9.20 Å². The molecule has 7 nitrogen and oxygen atoms in total. The molecule has 0 bridgehead atoms. The number of aromatic nitrogens is 3. The van der Waals surface area contributed by atoms with E-state index in [-0.39, 0.29) is 30.7 Å². The van der Waals surface area contributed by atoms with Crippen LogP contribution in [0.2, 0.25) is 0 Å². The van der Waals surface area contributed by atoms with Crippen molar-refractivity contribution in [1.29, 1.82) is 0 Å². The maximum Gasteiger partial charge on any atom is 0.252 e. The molecule has 2 heterocycles. The highest BCUT2D eigenvalue weighted by Crippen LogP contribution is 2.06. The minimum atomic E-state index is -0.103. The molecular weight excluding hydrogens is 329 g/mol. The van der Waals surface area contributed by atoms with E-state index in [4.69, 9.17) is 4.74 Å². The minimum Gasteiger partial charge on any atom is -0.383 e. The molecule has 1 amide bonds. The Bertz CT molecular complexity index is 591. The van der Waals surface area contributed by atoms with Crippen LogP contribution in [0.15, 0.2) is 18.3 Å². The van der Waals surface area contributed by atoms with Crippen molar-refractivity contribution >= 4 is 36.4 Å². The van der Waals surface area contributed by atoms with Crippen LogP contribution in [0.25, 0.3) is 5.65 Å². The first-order valence-electron chi connectivity index (χ1n) is 6.51. The number of ether oxygens (including phenoxy) is 1. The summed E-state index contributed by atoms with van der Waals surface area (Å²) in [6, 6.07) is 3.53. The van der Waals surface area contributed by atoms with Gasteiger partial charge in [0.2, 0.25) is 0 Å². The van der Waals surface area contributed by atoms with Gasteiger partial charge in [-0.15, -0.1) is 35.0 Å². The maximum atomic E-state index is 12.0. The third kappa shape index (κ3) is 5.42. The highest BCUT2D eigenvalue weighted by atomic mass is 35.5. The van der Waals surface area contributed by atoms with Crippen molar-refractivity contribution in [3.8, 4) is 0 Å². The van der Waals surface area contributed by atoms with E-state index in [1.807, 2.05) is 6.92 Å². The number of halogens is 2. The van der Waals surface area contributed by atoms with Gasteiger partial charge in [-0.25, -0.2) is 0 Å². The SMILES string of the molecule is COCCNCCNC(=O)c1ccc2nnc(C)n2c1.Cl.Cl. The summed E-state index contributed by atoms with van der Waals surface area (Å²) < 4.78 is 6.72. The fourth-order valence-corrected chi connectivity index (χ4v) is 1.81. The number of hydrogen-bond acceptors (Lipinski definition) is 5. The van der Waals surface area contributed by atoms with E-state index in [0.29, 0.717) is 25.3 Å². The monoisotopic (exact) mass is 349 g/mol. The standard InChI is InChI=1S/C13H19N5O2.2ClH/c1-10-16-17-12-4-3-11(9-18(10)12)13(19)15-6-5-14-7-8-20-2;;/h3-4,9,14H,5-8H2,1-2H3,(H,15,19);2*1H. The van der Waals surface area contributed by atoms with Gasteiger partial charge in [-0.1, -0.05) is 0 Å². The summed E-state index contributed by atoms with van der Waals surface area (Å²) >= 11 is 0. The van der Waals surface area contributed by atoms with Crippen molar-refractivity contribution in [3.05, 3.63) is 29.7 Å². The first-order chi connectivity index (χ1) is 9.72. The molecule has 2 rings (SSSR count). The molecule has 0 aliphatic heterocycles. The van der Waals surface area contributed by atoms with Gasteiger partial charge < -0.3 is 15.4 Å². The molecule has 0 aliphatic rings. The van der Waals surface area contributed by atoms with Crippen LogP contribution in [0.5, 0.6) is 0 Å². The molecule has 0 unspecified atom stereocenters. The number of carbonyl (C=O) groups is 1. The van der Waals surface area contributed by atoms with Gasteiger partial charge in [-0.2, -0.15) is 0 Å². The molecule has 0 aromatic carbocycles. The number of carbonyl (C=O) groups excluding carboxylic acids is 1. The smallest absolute Gasteiger partial charge is 0.252 e. The molecule has 0 fully saturated rings. The zero-order chi connectivity index (χ0) is 14.4. The average molecular weight is 350 g/mol. The molecule has 0 spiro atoms. The first-order valence-corrected chi connectivity index (χ1v) is 6.51. The molecular formula is C13H21Cl2N5O2. The van der Waals surface area contributed by atoms with Gasteiger partial charge >= 0.3 is 0 Å². The number of nitrogens with one attached hydrogen (secondary N) is 2. The second-order valence-corrected chi connectivity index (χ2v) is 4.39. The molecule has 22 heavy (non-hydrogen) atoms. The van der Waals surface area contributed by atoms with E-state index in [0.717, 1.165) is 18.0 Å². The lowest BCUT2D eigenvalue weighted by atomic mass is 10.2. The van der Waals surface area contributed by atoms with Gasteiger partial charge in [0.15, 0.2) is 5.65 Å². The Kier molecular flexibility index (Phi) is 9.68. The lowest BCUT2D eigenvalue weighted by Crippen LogP contribution is -2.33. The Balaban J connectivity index is 0.00000220. The van der Waals surface area contributed by atoms with E-state index in [9.17, 15) is 4.79 Å². The van der Waals surface area contributed by atoms with Gasteiger partial charge in [0.1, 0.15) is 5.82 Å². The van der Waals surface area contributed by atoms with E-state index >= 15 is 0 Å². The van der Waals surface area contributed by atoms with Gasteiger partial charge in [0.25, 0.3) is 5.91 Å². The largest absolute Gasteiger partial charge is 0.383 e. The van der Waals surface area contributed by atoms with E-state index in [1.54, 1.807) is 29.8 Å². The summed E-state index contributed by atoms with van der Waals surface area (Å²) in [6.07, 6.45) is 1.75. The summed E-state index contributed by atoms with van der Waals surface area (Å²) in [5, 5.41) is 14.0. The van der Waals surface area contributed by atoms with Crippen LogP contribution in [0.1, 0.15) is 16.2 Å². The van der Waals surface area contributed by atoms with Crippen LogP contribution in [0, 0.1) is 6.92 Å². The van der Waals surface area contributed by atoms with Crippen LogP contribution in [0.4, 0.5) is 0 Å². The molecule has 0 atom stereocenters. The number of nitrogens with zero attached hydrogens (tertiary/aromatic N) is 3. The summed E-state index contributed by atoms with van der Waals surface area (Å²) in [5.41, 5.74) is 1.33. The quantitative estimate of drug-likeness (QED) is 0.724. The summed E-state index contributed by atoms with van der Waals surface area (Å²) in [6.45, 7) is 4.57. The molecule has 0 radical (unpaired) electrons. The van der Waals surface area contributed by atoms with Crippen molar-refractivity contribution in [2.24, 2.45) is 0 Å². The van der Waals surface area contributed by atoms with Crippen molar-refractivity contribution in [2.75, 3.05) is 33.4 Å². The Morgan fingerprint density at radius 1 is 1.23 bits per heavy atom. The number of aryl methyl sites for hydroxylation is 1. The molecule has 2 aromatic rings. The van der Waals surface area contributed by atoms with Crippen LogP contribution < -0.4 is 10.6 Å². The van der Waals surface area contributed by atoms with Crippen LogP contribution >= 0.6 is 24.8 Å². The normalized spacial score (nSPS) is 9.91. The second-order valence-electron chi connectivity index (χ2n) is 4.39. The summed E-state index contributed by atoms with van der Waals surface area (Å²) in [7, 11) is 1.66. The number of amides is 1. The van der Waals surface area contributed by atoms with E-state index in [1.165, 1.54) is 0 Å². The Morgan fingerprint density at radius 2 is 2.00 bits per heavy atom. The fourth-order valence-electron chi connectivity index (χ4n) is 1.81. The average Bonchev–Trinajstić information content (AvgIpc) is 2.83. The molecule has 0 saturated carbocycles. The minimum absolute atomic E-state index is 0. The van der Waals surface area contributed by atoms with Crippen LogP contribution in [-0.2, 0) is 4.74 Å². The van der Waals surface area contributed by atoms with Crippen LogP contribution in [-0.4, -0.2) is 53.9 Å². The topological polar surface area (TPSA) is 80.5 Å². The van der Waals surface area contributed by atoms with E-state index < -0.39 is 0 Å². The Labute approximate surface area is 141 Å². The summed E-state index contributed by atoms with van der Waals surface area (Å²) in [5.74, 6) is 0.657. The zero-order valence-corrected chi connectivity index (χ0v) is 14.2. The van der Waals surface area contributed by atoms with Crippen molar-refractivity contribution in [1.82, 2.24) is 25.2 Å². The van der Waals surface area contributed by atoms with Gasteiger partial charge in [-0.05, 0) is 19.1 Å². The molecule has 0 saturated heterocycles. The number of hydrogen-bond donors (Lipinski definition) is 2. The van der Waals surface area contributed by atoms with Gasteiger partial charge in [0.05, 0.1) is 12.2 Å². The third-order valence-corrected chi connectivity index (χ3v) is 2.91. The summed E-state index contributed by atoms with van der Waals surface area (Å²) in [4.78, 5) is 12.0. The third-order valence-electron chi connectivity index (χ3n) is 2.91. The number of fused-ring (bicyclic) bond motifs is 1.